The molecule has 0 aromatic heterocycles. The maximum atomic E-state index is 12.5. The van der Waals surface area contributed by atoms with E-state index < -0.39 is 0 Å². The van der Waals surface area contributed by atoms with Crippen LogP contribution in [0.2, 0.25) is 0 Å². The fourth-order valence-electron chi connectivity index (χ4n) is 2.95. The molecule has 26 heavy (non-hydrogen) atoms. The van der Waals surface area contributed by atoms with Crippen LogP contribution in [0.1, 0.15) is 31.4 Å². The van der Waals surface area contributed by atoms with E-state index in [1.807, 2.05) is 43.3 Å². The molecule has 2 aromatic carbocycles. The fraction of sp³-hybridized carbons (Fsp3) is 0.250. The third-order valence-electron chi connectivity index (χ3n) is 4.31. The number of amides is 3. The third-order valence-corrected chi connectivity index (χ3v) is 4.31. The van der Waals surface area contributed by atoms with Crippen LogP contribution >= 0.6 is 0 Å². The van der Waals surface area contributed by atoms with Crippen LogP contribution in [0, 0.1) is 0 Å². The van der Waals surface area contributed by atoms with Crippen molar-refractivity contribution >= 4 is 29.1 Å². The molecule has 0 fully saturated rings. The predicted octanol–water partition coefficient (Wildman–Crippen LogP) is 2.63. The zero-order valence-corrected chi connectivity index (χ0v) is 14.6. The SMILES string of the molecule is C[C@@H](NC(=O)CCC(=O)N1CC(=O)Nc2ccccc21)c1ccccc1. The molecule has 1 atom stereocenters. The number of hydrogen-bond donors (Lipinski definition) is 2. The second-order valence-corrected chi connectivity index (χ2v) is 6.25. The zero-order valence-electron chi connectivity index (χ0n) is 14.6. The van der Waals surface area contributed by atoms with Crippen LogP contribution in [0.25, 0.3) is 0 Å². The molecule has 0 bridgehead atoms. The molecule has 0 saturated carbocycles. The molecule has 0 aliphatic carbocycles. The first-order valence-electron chi connectivity index (χ1n) is 8.58. The number of rotatable bonds is 5. The smallest absolute Gasteiger partial charge is 0.244 e. The summed E-state index contributed by atoms with van der Waals surface area (Å²) in [5, 5.41) is 5.64. The van der Waals surface area contributed by atoms with E-state index >= 15 is 0 Å². The summed E-state index contributed by atoms with van der Waals surface area (Å²) in [6.45, 7) is 1.87. The highest BCUT2D eigenvalue weighted by atomic mass is 16.2. The minimum absolute atomic E-state index is 0.0299. The lowest BCUT2D eigenvalue weighted by Crippen LogP contribution is -2.42. The average Bonchev–Trinajstić information content (AvgIpc) is 2.66. The first kappa shape index (κ1) is 17.7. The summed E-state index contributed by atoms with van der Waals surface area (Å²) < 4.78 is 0. The minimum Gasteiger partial charge on any atom is -0.350 e. The molecule has 0 spiro atoms. The highest BCUT2D eigenvalue weighted by Gasteiger charge is 2.26. The molecule has 1 heterocycles. The Morgan fingerprint density at radius 3 is 2.54 bits per heavy atom. The molecule has 0 unspecified atom stereocenters. The summed E-state index contributed by atoms with van der Waals surface area (Å²) in [4.78, 5) is 37.9. The van der Waals surface area contributed by atoms with Gasteiger partial charge in [-0.2, -0.15) is 0 Å². The molecule has 1 aliphatic rings. The number of nitrogens with zero attached hydrogens (tertiary/aromatic N) is 1. The molecule has 3 rings (SSSR count). The molecule has 134 valence electrons. The highest BCUT2D eigenvalue weighted by molar-refractivity contribution is 6.10. The van der Waals surface area contributed by atoms with Crippen LogP contribution in [0.15, 0.2) is 54.6 Å². The van der Waals surface area contributed by atoms with Crippen molar-refractivity contribution in [1.29, 1.82) is 0 Å². The Morgan fingerprint density at radius 2 is 1.77 bits per heavy atom. The summed E-state index contributed by atoms with van der Waals surface area (Å²) in [5.74, 6) is -0.668. The highest BCUT2D eigenvalue weighted by Crippen LogP contribution is 2.29. The number of nitrogens with one attached hydrogen (secondary N) is 2. The maximum Gasteiger partial charge on any atom is 0.244 e. The monoisotopic (exact) mass is 351 g/mol. The van der Waals surface area contributed by atoms with E-state index in [1.54, 1.807) is 18.2 Å². The topological polar surface area (TPSA) is 78.5 Å². The standard InChI is InChI=1S/C20H21N3O3/c1-14(15-7-3-2-4-8-15)21-18(24)11-12-20(26)23-13-19(25)22-16-9-5-6-10-17(16)23/h2-10,14H,11-13H2,1H3,(H,21,24)(H,22,25)/t14-/m1/s1. The van der Waals surface area contributed by atoms with Crippen molar-refractivity contribution in [3.63, 3.8) is 0 Å². The average molecular weight is 351 g/mol. The van der Waals surface area contributed by atoms with Gasteiger partial charge in [0.1, 0.15) is 6.54 Å². The van der Waals surface area contributed by atoms with Gasteiger partial charge in [0.2, 0.25) is 17.7 Å². The molecule has 0 radical (unpaired) electrons. The van der Waals surface area contributed by atoms with E-state index in [1.165, 1.54) is 4.90 Å². The molecule has 6 nitrogen and oxygen atoms in total. The summed E-state index contributed by atoms with van der Waals surface area (Å²) in [7, 11) is 0. The number of fused-ring (bicyclic) bond motifs is 1. The Hall–Kier alpha value is -3.15. The summed E-state index contributed by atoms with van der Waals surface area (Å²) in [5.41, 5.74) is 2.28. The van der Waals surface area contributed by atoms with Gasteiger partial charge in [0.15, 0.2) is 0 Å². The molecule has 0 saturated heterocycles. The number of carbonyl (C=O) groups excluding carboxylic acids is 3. The molecule has 6 heteroatoms. The number of para-hydroxylation sites is 2. The molecular weight excluding hydrogens is 330 g/mol. The first-order chi connectivity index (χ1) is 12.5. The third kappa shape index (κ3) is 4.08. The first-order valence-corrected chi connectivity index (χ1v) is 8.58. The van der Waals surface area contributed by atoms with Gasteiger partial charge in [0, 0.05) is 12.8 Å². The van der Waals surface area contributed by atoms with Crippen molar-refractivity contribution in [3.05, 3.63) is 60.2 Å². The Balaban J connectivity index is 1.57. The number of anilines is 2. The van der Waals surface area contributed by atoms with Crippen LogP contribution in [-0.4, -0.2) is 24.3 Å². The fourth-order valence-corrected chi connectivity index (χ4v) is 2.95. The van der Waals surface area contributed by atoms with Crippen molar-refractivity contribution in [2.45, 2.75) is 25.8 Å². The van der Waals surface area contributed by atoms with Crippen LogP contribution in [-0.2, 0) is 14.4 Å². The van der Waals surface area contributed by atoms with Crippen LogP contribution in [0.4, 0.5) is 11.4 Å². The minimum atomic E-state index is -0.241. The lowest BCUT2D eigenvalue weighted by Gasteiger charge is -2.29. The van der Waals surface area contributed by atoms with Crippen LogP contribution in [0.3, 0.4) is 0 Å². The van der Waals surface area contributed by atoms with Crippen molar-refractivity contribution in [3.8, 4) is 0 Å². The predicted molar refractivity (Wildman–Crippen MR) is 99.7 cm³/mol. The number of benzene rings is 2. The van der Waals surface area contributed by atoms with E-state index in [4.69, 9.17) is 0 Å². The molecule has 3 amide bonds. The van der Waals surface area contributed by atoms with E-state index in [2.05, 4.69) is 10.6 Å². The van der Waals surface area contributed by atoms with Crippen molar-refractivity contribution in [1.82, 2.24) is 5.32 Å². The Labute approximate surface area is 152 Å². The van der Waals surface area contributed by atoms with Gasteiger partial charge in [-0.3, -0.25) is 14.4 Å². The van der Waals surface area contributed by atoms with E-state index in [9.17, 15) is 14.4 Å². The second-order valence-electron chi connectivity index (χ2n) is 6.25. The van der Waals surface area contributed by atoms with Gasteiger partial charge < -0.3 is 15.5 Å². The molecular formula is C20H21N3O3. The quantitative estimate of drug-likeness (QED) is 0.869. The van der Waals surface area contributed by atoms with Crippen molar-refractivity contribution < 1.29 is 14.4 Å². The van der Waals surface area contributed by atoms with Gasteiger partial charge in [-0.15, -0.1) is 0 Å². The lowest BCUT2D eigenvalue weighted by atomic mass is 10.1. The van der Waals surface area contributed by atoms with Gasteiger partial charge in [0.05, 0.1) is 17.4 Å². The summed E-state index contributed by atoms with van der Waals surface area (Å²) >= 11 is 0. The molecule has 2 aromatic rings. The van der Waals surface area contributed by atoms with Crippen molar-refractivity contribution in [2.24, 2.45) is 0 Å². The Kier molecular flexibility index (Phi) is 5.31. The molecule has 1 aliphatic heterocycles. The van der Waals surface area contributed by atoms with Gasteiger partial charge in [-0.05, 0) is 24.6 Å². The van der Waals surface area contributed by atoms with E-state index in [0.29, 0.717) is 11.4 Å². The van der Waals surface area contributed by atoms with Gasteiger partial charge >= 0.3 is 0 Å². The van der Waals surface area contributed by atoms with E-state index in [-0.39, 0.29) is 43.1 Å². The number of hydrogen-bond acceptors (Lipinski definition) is 3. The Morgan fingerprint density at radius 1 is 1.08 bits per heavy atom. The Bertz CT molecular complexity index is 820. The lowest BCUT2D eigenvalue weighted by molar-refractivity contribution is -0.126. The van der Waals surface area contributed by atoms with E-state index in [0.717, 1.165) is 5.56 Å². The largest absolute Gasteiger partial charge is 0.350 e. The number of carbonyl (C=O) groups is 3. The van der Waals surface area contributed by atoms with Crippen molar-refractivity contribution in [2.75, 3.05) is 16.8 Å². The summed E-state index contributed by atoms with van der Waals surface area (Å²) in [6.07, 6.45) is 0.130. The molecule has 2 N–H and O–H groups in total. The second kappa shape index (κ2) is 7.82. The normalized spacial score (nSPS) is 14.2. The van der Waals surface area contributed by atoms with Gasteiger partial charge in [0.25, 0.3) is 0 Å². The van der Waals surface area contributed by atoms with Crippen LogP contribution in [0.5, 0.6) is 0 Å². The van der Waals surface area contributed by atoms with Crippen LogP contribution < -0.4 is 15.5 Å². The van der Waals surface area contributed by atoms with Gasteiger partial charge in [-0.25, -0.2) is 0 Å². The maximum absolute atomic E-state index is 12.5. The van der Waals surface area contributed by atoms with Gasteiger partial charge in [-0.1, -0.05) is 42.5 Å². The zero-order chi connectivity index (χ0) is 18.5. The summed E-state index contributed by atoms with van der Waals surface area (Å²) in [6, 6.07) is 16.7.